The first kappa shape index (κ1) is 12.0. The third-order valence-electron chi connectivity index (χ3n) is 3.87. The van der Waals surface area contributed by atoms with E-state index in [4.69, 9.17) is 5.26 Å². The Kier molecular flexibility index (Phi) is 3.27. The summed E-state index contributed by atoms with van der Waals surface area (Å²) in [4.78, 5) is 0. The summed E-state index contributed by atoms with van der Waals surface area (Å²) in [5.74, 6) is 0. The molecular formula is C14H16BrN3. The van der Waals surface area contributed by atoms with Gasteiger partial charge >= 0.3 is 0 Å². The Bertz CT molecular complexity index is 482. The number of benzene rings is 1. The Morgan fingerprint density at radius 3 is 2.61 bits per heavy atom. The molecule has 3 rings (SSSR count). The van der Waals surface area contributed by atoms with Crippen LogP contribution in [0.15, 0.2) is 22.7 Å². The molecule has 0 aliphatic carbocycles. The number of hydrogen-bond acceptors (Lipinski definition) is 3. The summed E-state index contributed by atoms with van der Waals surface area (Å²) in [6.07, 6.45) is 4.99. The Morgan fingerprint density at radius 2 is 1.94 bits per heavy atom. The predicted molar refractivity (Wildman–Crippen MR) is 75.4 cm³/mol. The molecular weight excluding hydrogens is 290 g/mol. The number of rotatable bonds is 2. The van der Waals surface area contributed by atoms with E-state index in [1.807, 2.05) is 18.2 Å². The van der Waals surface area contributed by atoms with Gasteiger partial charge in [-0.15, -0.1) is 0 Å². The van der Waals surface area contributed by atoms with Gasteiger partial charge < -0.3 is 10.6 Å². The van der Waals surface area contributed by atoms with Crippen LogP contribution in [0.5, 0.6) is 0 Å². The molecule has 18 heavy (non-hydrogen) atoms. The van der Waals surface area contributed by atoms with Gasteiger partial charge in [-0.05, 0) is 43.9 Å². The number of nitriles is 1. The maximum atomic E-state index is 8.98. The van der Waals surface area contributed by atoms with Gasteiger partial charge in [0.15, 0.2) is 0 Å². The largest absolute Gasteiger partial charge is 0.382 e. The molecule has 0 radical (unpaired) electrons. The van der Waals surface area contributed by atoms with Crippen molar-refractivity contribution in [1.29, 1.82) is 5.26 Å². The van der Waals surface area contributed by atoms with Gasteiger partial charge in [0.25, 0.3) is 0 Å². The number of nitrogens with zero attached hydrogens (tertiary/aromatic N) is 1. The maximum Gasteiger partial charge on any atom is 0.0992 e. The minimum atomic E-state index is 0.532. The third kappa shape index (κ3) is 2.52. The van der Waals surface area contributed by atoms with E-state index in [-0.39, 0.29) is 0 Å². The lowest BCUT2D eigenvalue weighted by atomic mass is 9.99. The van der Waals surface area contributed by atoms with Crippen molar-refractivity contribution in [2.45, 2.75) is 43.8 Å². The van der Waals surface area contributed by atoms with Crippen molar-refractivity contribution in [3.05, 3.63) is 28.2 Å². The van der Waals surface area contributed by atoms with Crippen LogP contribution >= 0.6 is 15.9 Å². The average molecular weight is 306 g/mol. The smallest absolute Gasteiger partial charge is 0.0992 e. The molecule has 3 nitrogen and oxygen atoms in total. The molecule has 2 heterocycles. The average Bonchev–Trinajstić information content (AvgIpc) is 2.68. The van der Waals surface area contributed by atoms with Gasteiger partial charge in [-0.2, -0.15) is 5.26 Å². The highest BCUT2D eigenvalue weighted by Gasteiger charge is 2.33. The van der Waals surface area contributed by atoms with Crippen molar-refractivity contribution < 1.29 is 0 Å². The topological polar surface area (TPSA) is 47.9 Å². The monoisotopic (exact) mass is 305 g/mol. The summed E-state index contributed by atoms with van der Waals surface area (Å²) in [5.41, 5.74) is 1.75. The summed E-state index contributed by atoms with van der Waals surface area (Å²) < 4.78 is 0.959. The highest BCUT2D eigenvalue weighted by Crippen LogP contribution is 2.29. The molecule has 0 saturated carbocycles. The first-order valence-electron chi connectivity index (χ1n) is 6.46. The number of piperidine rings is 1. The standard InChI is InChI=1S/C14H16BrN3/c15-10-3-9(8-16)4-13(5-10)18-14-6-11-1-2-12(7-14)17-11/h3-5,11-12,14,17-18H,1-2,6-7H2. The molecule has 1 aromatic carbocycles. The van der Waals surface area contributed by atoms with Gasteiger partial charge in [0.2, 0.25) is 0 Å². The van der Waals surface area contributed by atoms with Crippen LogP contribution in [0.2, 0.25) is 0 Å². The van der Waals surface area contributed by atoms with Crippen LogP contribution in [0.25, 0.3) is 0 Å². The summed E-state index contributed by atoms with van der Waals surface area (Å²) in [6.45, 7) is 0. The van der Waals surface area contributed by atoms with Crippen LogP contribution in [0, 0.1) is 11.3 Å². The number of fused-ring (bicyclic) bond motifs is 2. The van der Waals surface area contributed by atoms with Crippen LogP contribution in [-0.2, 0) is 0 Å². The van der Waals surface area contributed by atoms with E-state index in [2.05, 4.69) is 32.6 Å². The zero-order valence-electron chi connectivity index (χ0n) is 10.1. The minimum Gasteiger partial charge on any atom is -0.382 e. The highest BCUT2D eigenvalue weighted by molar-refractivity contribution is 9.10. The first-order chi connectivity index (χ1) is 8.72. The van der Waals surface area contributed by atoms with E-state index in [1.165, 1.54) is 25.7 Å². The number of anilines is 1. The molecule has 2 fully saturated rings. The van der Waals surface area contributed by atoms with E-state index in [1.54, 1.807) is 0 Å². The molecule has 0 amide bonds. The Labute approximate surface area is 116 Å². The summed E-state index contributed by atoms with van der Waals surface area (Å²) >= 11 is 3.45. The molecule has 2 aliphatic rings. The lowest BCUT2D eigenvalue weighted by molar-refractivity contribution is 0.378. The van der Waals surface area contributed by atoms with Gasteiger partial charge in [0.1, 0.15) is 0 Å². The Hall–Kier alpha value is -1.05. The lowest BCUT2D eigenvalue weighted by Gasteiger charge is -2.30. The molecule has 2 saturated heterocycles. The zero-order chi connectivity index (χ0) is 12.5. The molecule has 2 bridgehead atoms. The molecule has 0 aromatic heterocycles. The Balaban J connectivity index is 1.73. The normalized spacial score (nSPS) is 29.9. The van der Waals surface area contributed by atoms with Crippen LogP contribution in [0.4, 0.5) is 5.69 Å². The summed E-state index contributed by atoms with van der Waals surface area (Å²) in [5, 5.41) is 16.2. The van der Waals surface area contributed by atoms with Gasteiger partial charge in [0, 0.05) is 28.3 Å². The molecule has 2 aliphatic heterocycles. The maximum absolute atomic E-state index is 8.98. The second-order valence-corrected chi connectivity index (χ2v) is 6.21. The van der Waals surface area contributed by atoms with E-state index in [0.29, 0.717) is 23.7 Å². The van der Waals surface area contributed by atoms with E-state index in [0.717, 1.165) is 10.2 Å². The van der Waals surface area contributed by atoms with Gasteiger partial charge in [-0.3, -0.25) is 0 Å². The molecule has 94 valence electrons. The van der Waals surface area contributed by atoms with Crippen molar-refractivity contribution in [3.63, 3.8) is 0 Å². The van der Waals surface area contributed by atoms with Gasteiger partial charge in [0.05, 0.1) is 11.6 Å². The molecule has 2 atom stereocenters. The fourth-order valence-corrected chi connectivity index (χ4v) is 3.64. The second-order valence-electron chi connectivity index (χ2n) is 5.29. The SMILES string of the molecule is N#Cc1cc(Br)cc(NC2CC3CCC(C2)N3)c1. The van der Waals surface area contributed by atoms with Crippen molar-refractivity contribution in [2.75, 3.05) is 5.32 Å². The van der Waals surface area contributed by atoms with Crippen LogP contribution in [0.1, 0.15) is 31.2 Å². The fourth-order valence-electron chi connectivity index (χ4n) is 3.15. The molecule has 1 aromatic rings. The van der Waals surface area contributed by atoms with Crippen molar-refractivity contribution in [1.82, 2.24) is 5.32 Å². The number of hydrogen-bond donors (Lipinski definition) is 2. The van der Waals surface area contributed by atoms with Crippen LogP contribution in [-0.4, -0.2) is 18.1 Å². The highest BCUT2D eigenvalue weighted by atomic mass is 79.9. The molecule has 2 N–H and O–H groups in total. The van der Waals surface area contributed by atoms with Gasteiger partial charge in [-0.25, -0.2) is 0 Å². The van der Waals surface area contributed by atoms with Crippen LogP contribution in [0.3, 0.4) is 0 Å². The van der Waals surface area contributed by atoms with E-state index < -0.39 is 0 Å². The Morgan fingerprint density at radius 1 is 1.22 bits per heavy atom. The summed E-state index contributed by atoms with van der Waals surface area (Å²) in [6, 6.07) is 9.91. The predicted octanol–water partition coefficient (Wildman–Crippen LogP) is 3.02. The number of nitrogens with one attached hydrogen (secondary N) is 2. The van der Waals surface area contributed by atoms with E-state index in [9.17, 15) is 0 Å². The van der Waals surface area contributed by atoms with E-state index >= 15 is 0 Å². The van der Waals surface area contributed by atoms with Gasteiger partial charge in [-0.1, -0.05) is 15.9 Å². The minimum absolute atomic E-state index is 0.532. The first-order valence-corrected chi connectivity index (χ1v) is 7.25. The number of halogens is 1. The fraction of sp³-hybridized carbons (Fsp3) is 0.500. The zero-order valence-corrected chi connectivity index (χ0v) is 11.7. The second kappa shape index (κ2) is 4.91. The van der Waals surface area contributed by atoms with Crippen LogP contribution < -0.4 is 10.6 Å². The van der Waals surface area contributed by atoms with Crippen molar-refractivity contribution in [3.8, 4) is 6.07 Å². The quantitative estimate of drug-likeness (QED) is 0.883. The van der Waals surface area contributed by atoms with Crippen molar-refractivity contribution >= 4 is 21.6 Å². The lowest BCUT2D eigenvalue weighted by Crippen LogP contribution is -2.43. The van der Waals surface area contributed by atoms with Crippen molar-refractivity contribution in [2.24, 2.45) is 0 Å². The molecule has 2 unspecified atom stereocenters. The molecule has 4 heteroatoms. The third-order valence-corrected chi connectivity index (χ3v) is 4.33. The summed E-state index contributed by atoms with van der Waals surface area (Å²) in [7, 11) is 0. The molecule has 0 spiro atoms.